The summed E-state index contributed by atoms with van der Waals surface area (Å²) in [6.07, 6.45) is 1.33. The highest BCUT2D eigenvalue weighted by Gasteiger charge is 2.13. The number of hydrogen-bond donors (Lipinski definition) is 1. The summed E-state index contributed by atoms with van der Waals surface area (Å²) in [5.74, 6) is -0.533. The molecule has 1 N–H and O–H groups in total. The number of carboxylic acid groups (broad SMARTS) is 1. The summed E-state index contributed by atoms with van der Waals surface area (Å²) >= 11 is 0. The first-order chi connectivity index (χ1) is 12.5. The van der Waals surface area contributed by atoms with E-state index in [9.17, 15) is 14.7 Å². The van der Waals surface area contributed by atoms with E-state index in [4.69, 9.17) is 9.47 Å². The van der Waals surface area contributed by atoms with Crippen molar-refractivity contribution in [3.05, 3.63) is 58.0 Å². The maximum absolute atomic E-state index is 12.3. The predicted molar refractivity (Wildman–Crippen MR) is 96.5 cm³/mol. The van der Waals surface area contributed by atoms with Gasteiger partial charge in [-0.15, -0.1) is 0 Å². The largest absolute Gasteiger partial charge is 0.490 e. The molecule has 26 heavy (non-hydrogen) atoms. The average Bonchev–Trinajstić information content (AvgIpc) is 2.64. The molecule has 1 aromatic carbocycles. The van der Waals surface area contributed by atoms with E-state index in [2.05, 4.69) is 4.90 Å². The quantitative estimate of drug-likeness (QED) is 0.844. The number of benzene rings is 1. The molecule has 0 amide bonds. The van der Waals surface area contributed by atoms with E-state index in [0.717, 1.165) is 38.4 Å². The second-order valence-corrected chi connectivity index (χ2v) is 6.20. The van der Waals surface area contributed by atoms with Crippen LogP contribution in [0, 0.1) is 6.92 Å². The molecule has 0 saturated carbocycles. The number of ether oxygens (including phenoxy) is 2. The Labute approximate surface area is 151 Å². The summed E-state index contributed by atoms with van der Waals surface area (Å²) < 4.78 is 12.6. The lowest BCUT2D eigenvalue weighted by Gasteiger charge is -2.26. The number of nitrogens with zero attached hydrogens (tertiary/aromatic N) is 2. The van der Waals surface area contributed by atoms with E-state index in [1.54, 1.807) is 0 Å². The van der Waals surface area contributed by atoms with Crippen LogP contribution in [-0.2, 0) is 4.74 Å². The van der Waals surface area contributed by atoms with Crippen LogP contribution in [0.2, 0.25) is 0 Å². The van der Waals surface area contributed by atoms with Gasteiger partial charge in [-0.05, 0) is 30.7 Å². The Morgan fingerprint density at radius 1 is 1.23 bits per heavy atom. The second kappa shape index (κ2) is 8.16. The van der Waals surface area contributed by atoms with Crippen molar-refractivity contribution in [1.82, 2.24) is 9.47 Å². The van der Waals surface area contributed by atoms with Crippen LogP contribution in [0.4, 0.5) is 0 Å². The molecule has 1 aliphatic heterocycles. The van der Waals surface area contributed by atoms with Crippen molar-refractivity contribution in [1.29, 1.82) is 0 Å². The summed E-state index contributed by atoms with van der Waals surface area (Å²) in [5, 5.41) is 9.19. The van der Waals surface area contributed by atoms with E-state index >= 15 is 0 Å². The van der Waals surface area contributed by atoms with Crippen LogP contribution in [0.3, 0.4) is 0 Å². The number of pyridine rings is 1. The third-order valence-corrected chi connectivity index (χ3v) is 4.30. The molecule has 0 spiro atoms. The van der Waals surface area contributed by atoms with Gasteiger partial charge in [0, 0.05) is 31.9 Å². The summed E-state index contributed by atoms with van der Waals surface area (Å²) in [5.41, 5.74) is 1.23. The van der Waals surface area contributed by atoms with Crippen molar-refractivity contribution < 1.29 is 19.4 Å². The molecule has 3 rings (SSSR count). The van der Waals surface area contributed by atoms with Crippen LogP contribution in [-0.4, -0.2) is 60.0 Å². The monoisotopic (exact) mass is 358 g/mol. The predicted octanol–water partition coefficient (Wildman–Crippen LogP) is 1.56. The fourth-order valence-corrected chi connectivity index (χ4v) is 2.85. The van der Waals surface area contributed by atoms with Gasteiger partial charge in [-0.3, -0.25) is 14.3 Å². The second-order valence-electron chi connectivity index (χ2n) is 6.20. The summed E-state index contributed by atoms with van der Waals surface area (Å²) in [6, 6.07) is 8.08. The van der Waals surface area contributed by atoms with Gasteiger partial charge in [-0.2, -0.15) is 0 Å². The van der Waals surface area contributed by atoms with Crippen LogP contribution in [0.1, 0.15) is 15.9 Å². The lowest BCUT2D eigenvalue weighted by Crippen LogP contribution is -2.38. The van der Waals surface area contributed by atoms with Gasteiger partial charge in [0.05, 0.1) is 24.5 Å². The Morgan fingerprint density at radius 3 is 2.73 bits per heavy atom. The number of morpholine rings is 1. The van der Waals surface area contributed by atoms with Crippen LogP contribution in [0.25, 0.3) is 5.69 Å². The Morgan fingerprint density at radius 2 is 2.00 bits per heavy atom. The summed E-state index contributed by atoms with van der Waals surface area (Å²) in [4.78, 5) is 25.8. The number of aromatic carboxylic acids is 1. The fourth-order valence-electron chi connectivity index (χ4n) is 2.85. The van der Waals surface area contributed by atoms with E-state index in [0.29, 0.717) is 18.0 Å². The van der Waals surface area contributed by atoms with E-state index in [1.807, 2.05) is 25.1 Å². The molecule has 138 valence electrons. The van der Waals surface area contributed by atoms with Gasteiger partial charge >= 0.3 is 5.97 Å². The molecule has 2 aromatic rings. The molecule has 1 fully saturated rings. The molecule has 1 aliphatic rings. The van der Waals surface area contributed by atoms with Gasteiger partial charge in [0.25, 0.3) is 5.56 Å². The maximum Gasteiger partial charge on any atom is 0.337 e. The van der Waals surface area contributed by atoms with Crippen molar-refractivity contribution in [2.24, 2.45) is 0 Å². The van der Waals surface area contributed by atoms with Gasteiger partial charge < -0.3 is 14.6 Å². The number of rotatable bonds is 6. The Kier molecular flexibility index (Phi) is 5.70. The van der Waals surface area contributed by atoms with Gasteiger partial charge in [0.2, 0.25) is 0 Å². The van der Waals surface area contributed by atoms with Crippen molar-refractivity contribution in [3.8, 4) is 11.4 Å². The minimum atomic E-state index is -1.08. The maximum atomic E-state index is 12.3. The highest BCUT2D eigenvalue weighted by atomic mass is 16.5. The standard InChI is InChI=1S/C19H22N2O5/c1-14-2-4-17(26-11-8-20-6-9-25-10-7-20)16(12-14)21-13-15(19(23)24)3-5-18(21)22/h2-5,12-13H,6-11H2,1H3,(H,23,24). The number of carbonyl (C=O) groups is 1. The number of hydrogen-bond acceptors (Lipinski definition) is 5. The Balaban J connectivity index is 1.83. The van der Waals surface area contributed by atoms with Gasteiger partial charge in [-0.1, -0.05) is 6.07 Å². The van der Waals surface area contributed by atoms with E-state index < -0.39 is 5.97 Å². The highest BCUT2D eigenvalue weighted by molar-refractivity contribution is 5.87. The zero-order valence-corrected chi connectivity index (χ0v) is 14.7. The van der Waals surface area contributed by atoms with Crippen molar-refractivity contribution in [2.75, 3.05) is 39.5 Å². The van der Waals surface area contributed by atoms with Gasteiger partial charge in [0.15, 0.2) is 0 Å². The van der Waals surface area contributed by atoms with Crippen molar-refractivity contribution in [3.63, 3.8) is 0 Å². The average molecular weight is 358 g/mol. The molecule has 7 nitrogen and oxygen atoms in total. The van der Waals surface area contributed by atoms with Crippen LogP contribution in [0.15, 0.2) is 41.3 Å². The van der Waals surface area contributed by atoms with Gasteiger partial charge in [0.1, 0.15) is 12.4 Å². The highest BCUT2D eigenvalue weighted by Crippen LogP contribution is 2.23. The molecular weight excluding hydrogens is 336 g/mol. The fraction of sp³-hybridized carbons (Fsp3) is 0.368. The molecule has 0 radical (unpaired) electrons. The Bertz CT molecular complexity index is 840. The lowest BCUT2D eigenvalue weighted by atomic mass is 10.2. The molecule has 0 aliphatic carbocycles. The summed E-state index contributed by atoms with van der Waals surface area (Å²) in [6.45, 7) is 6.37. The molecule has 2 heterocycles. The van der Waals surface area contributed by atoms with Crippen LogP contribution in [0.5, 0.6) is 5.75 Å². The van der Waals surface area contributed by atoms with Crippen LogP contribution < -0.4 is 10.3 Å². The first kappa shape index (κ1) is 18.2. The zero-order chi connectivity index (χ0) is 18.5. The van der Waals surface area contributed by atoms with Crippen LogP contribution >= 0.6 is 0 Å². The molecule has 0 bridgehead atoms. The van der Waals surface area contributed by atoms with E-state index in [-0.39, 0.29) is 11.1 Å². The number of carboxylic acids is 1. The molecular formula is C19H22N2O5. The number of aromatic nitrogens is 1. The van der Waals surface area contributed by atoms with Crippen molar-refractivity contribution in [2.45, 2.75) is 6.92 Å². The normalized spacial score (nSPS) is 15.0. The topological polar surface area (TPSA) is 81.0 Å². The first-order valence-electron chi connectivity index (χ1n) is 8.54. The zero-order valence-electron chi connectivity index (χ0n) is 14.7. The smallest absolute Gasteiger partial charge is 0.337 e. The van der Waals surface area contributed by atoms with Crippen molar-refractivity contribution >= 4 is 5.97 Å². The minimum absolute atomic E-state index is 0.0466. The third-order valence-electron chi connectivity index (χ3n) is 4.30. The molecule has 0 atom stereocenters. The Hall–Kier alpha value is -2.64. The van der Waals surface area contributed by atoms with E-state index in [1.165, 1.54) is 22.9 Å². The minimum Gasteiger partial charge on any atom is -0.490 e. The number of aryl methyl sites for hydroxylation is 1. The molecule has 7 heteroatoms. The lowest BCUT2D eigenvalue weighted by molar-refractivity contribution is 0.0322. The summed E-state index contributed by atoms with van der Waals surface area (Å²) in [7, 11) is 0. The molecule has 1 aromatic heterocycles. The molecule has 0 unspecified atom stereocenters. The van der Waals surface area contributed by atoms with Gasteiger partial charge in [-0.25, -0.2) is 4.79 Å². The SMILES string of the molecule is Cc1ccc(OCCN2CCOCC2)c(-n2cc(C(=O)O)ccc2=O)c1. The third kappa shape index (κ3) is 4.30. The first-order valence-corrected chi connectivity index (χ1v) is 8.54. The molecule has 1 saturated heterocycles.